The molecule has 0 aliphatic carbocycles. The molecule has 0 aliphatic rings. The standard InChI is InChI=1S/C15H17FN2O2/c1-4-9(2)17-15(19)13-10(3)20-18-14(13)11-6-5-7-12(16)8-11/h5-9H,4H2,1-3H3,(H,17,19)/t9-/m1/s1. The first-order valence-electron chi connectivity index (χ1n) is 6.56. The van der Waals surface area contributed by atoms with E-state index in [0.717, 1.165) is 6.42 Å². The lowest BCUT2D eigenvalue weighted by Crippen LogP contribution is -2.32. The first-order chi connectivity index (χ1) is 9.52. The fraction of sp³-hybridized carbons (Fsp3) is 0.333. The van der Waals surface area contributed by atoms with Crippen LogP contribution in [0.25, 0.3) is 11.3 Å². The zero-order valence-corrected chi connectivity index (χ0v) is 11.7. The van der Waals surface area contributed by atoms with Crippen LogP contribution >= 0.6 is 0 Å². The molecule has 0 spiro atoms. The maximum atomic E-state index is 13.3. The van der Waals surface area contributed by atoms with Gasteiger partial charge >= 0.3 is 0 Å². The summed E-state index contributed by atoms with van der Waals surface area (Å²) < 4.78 is 18.4. The topological polar surface area (TPSA) is 55.1 Å². The Kier molecular flexibility index (Phi) is 4.17. The van der Waals surface area contributed by atoms with E-state index in [4.69, 9.17) is 4.52 Å². The van der Waals surface area contributed by atoms with E-state index in [1.54, 1.807) is 19.1 Å². The minimum atomic E-state index is -0.378. The van der Waals surface area contributed by atoms with Gasteiger partial charge < -0.3 is 9.84 Å². The average molecular weight is 276 g/mol. The highest BCUT2D eigenvalue weighted by molar-refractivity contribution is 6.00. The van der Waals surface area contributed by atoms with E-state index in [-0.39, 0.29) is 17.8 Å². The smallest absolute Gasteiger partial charge is 0.257 e. The Bertz CT molecular complexity index is 622. The highest BCUT2D eigenvalue weighted by Crippen LogP contribution is 2.25. The molecule has 0 saturated carbocycles. The minimum absolute atomic E-state index is 0.0529. The predicted octanol–water partition coefficient (Wildman–Crippen LogP) is 3.32. The summed E-state index contributed by atoms with van der Waals surface area (Å²) in [6, 6.07) is 6.00. The molecule has 0 radical (unpaired) electrons. The van der Waals surface area contributed by atoms with Gasteiger partial charge in [-0.2, -0.15) is 0 Å². The summed E-state index contributed by atoms with van der Waals surface area (Å²) in [6.45, 7) is 5.57. The Labute approximate surface area is 117 Å². The van der Waals surface area contributed by atoms with E-state index < -0.39 is 0 Å². The van der Waals surface area contributed by atoms with Crippen LogP contribution in [0, 0.1) is 12.7 Å². The number of hydrogen-bond donors (Lipinski definition) is 1. The highest BCUT2D eigenvalue weighted by atomic mass is 19.1. The number of nitrogens with zero attached hydrogens (tertiary/aromatic N) is 1. The molecule has 106 valence electrons. The number of benzene rings is 1. The Morgan fingerprint density at radius 2 is 2.25 bits per heavy atom. The highest BCUT2D eigenvalue weighted by Gasteiger charge is 2.22. The fourth-order valence-corrected chi connectivity index (χ4v) is 1.87. The number of halogens is 1. The molecule has 1 N–H and O–H groups in total. The minimum Gasteiger partial charge on any atom is -0.360 e. The van der Waals surface area contributed by atoms with Crippen LogP contribution in [-0.4, -0.2) is 17.1 Å². The number of rotatable bonds is 4. The van der Waals surface area contributed by atoms with Crippen molar-refractivity contribution < 1.29 is 13.7 Å². The largest absolute Gasteiger partial charge is 0.360 e. The number of hydrogen-bond acceptors (Lipinski definition) is 3. The van der Waals surface area contributed by atoms with Crippen LogP contribution in [0.15, 0.2) is 28.8 Å². The SMILES string of the molecule is CC[C@@H](C)NC(=O)c1c(-c2cccc(F)c2)noc1C. The van der Waals surface area contributed by atoms with Gasteiger partial charge in [-0.15, -0.1) is 0 Å². The molecular formula is C15H17FN2O2. The molecule has 0 unspecified atom stereocenters. The second-order valence-electron chi connectivity index (χ2n) is 4.76. The van der Waals surface area contributed by atoms with E-state index >= 15 is 0 Å². The van der Waals surface area contributed by atoms with Crippen molar-refractivity contribution in [1.29, 1.82) is 0 Å². The van der Waals surface area contributed by atoms with Gasteiger partial charge in [-0.25, -0.2) is 4.39 Å². The molecule has 5 heteroatoms. The third-order valence-corrected chi connectivity index (χ3v) is 3.18. The molecule has 2 rings (SSSR count). The third kappa shape index (κ3) is 2.87. The van der Waals surface area contributed by atoms with Crippen LogP contribution in [0.5, 0.6) is 0 Å². The second kappa shape index (κ2) is 5.86. The summed E-state index contributed by atoms with van der Waals surface area (Å²) in [5, 5.41) is 6.74. The van der Waals surface area contributed by atoms with E-state index in [1.807, 2.05) is 13.8 Å². The van der Waals surface area contributed by atoms with Crippen molar-refractivity contribution in [2.24, 2.45) is 0 Å². The van der Waals surface area contributed by atoms with Crippen molar-refractivity contribution in [3.05, 3.63) is 41.4 Å². The van der Waals surface area contributed by atoms with E-state index in [0.29, 0.717) is 22.6 Å². The van der Waals surface area contributed by atoms with Crippen molar-refractivity contribution in [2.45, 2.75) is 33.2 Å². The van der Waals surface area contributed by atoms with Crippen molar-refractivity contribution in [1.82, 2.24) is 10.5 Å². The number of nitrogens with one attached hydrogen (secondary N) is 1. The number of aromatic nitrogens is 1. The van der Waals surface area contributed by atoms with Gasteiger partial charge in [-0.05, 0) is 32.4 Å². The Balaban J connectivity index is 2.39. The van der Waals surface area contributed by atoms with Gasteiger partial charge in [-0.3, -0.25) is 4.79 Å². The summed E-state index contributed by atoms with van der Waals surface area (Å²) in [6.07, 6.45) is 0.825. The lowest BCUT2D eigenvalue weighted by atomic mass is 10.1. The molecule has 0 aliphatic heterocycles. The third-order valence-electron chi connectivity index (χ3n) is 3.18. The first kappa shape index (κ1) is 14.2. The summed E-state index contributed by atoms with van der Waals surface area (Å²) in [4.78, 5) is 12.3. The molecule has 0 saturated heterocycles. The molecule has 20 heavy (non-hydrogen) atoms. The molecule has 1 amide bonds. The fourth-order valence-electron chi connectivity index (χ4n) is 1.87. The lowest BCUT2D eigenvalue weighted by molar-refractivity contribution is 0.0938. The molecule has 1 aromatic carbocycles. The molecule has 0 bridgehead atoms. The molecular weight excluding hydrogens is 259 g/mol. The van der Waals surface area contributed by atoms with E-state index in [1.165, 1.54) is 12.1 Å². The van der Waals surface area contributed by atoms with Crippen LogP contribution in [0.1, 0.15) is 36.4 Å². The molecule has 0 fully saturated rings. The van der Waals surface area contributed by atoms with Crippen molar-refractivity contribution in [3.63, 3.8) is 0 Å². The second-order valence-corrected chi connectivity index (χ2v) is 4.76. The van der Waals surface area contributed by atoms with Crippen LogP contribution in [-0.2, 0) is 0 Å². The van der Waals surface area contributed by atoms with Crippen LogP contribution in [0.3, 0.4) is 0 Å². The summed E-state index contributed by atoms with van der Waals surface area (Å²) in [5.41, 5.74) is 1.25. The molecule has 1 aromatic heterocycles. The molecule has 1 heterocycles. The van der Waals surface area contributed by atoms with Gasteiger partial charge in [0.15, 0.2) is 0 Å². The zero-order chi connectivity index (χ0) is 14.7. The van der Waals surface area contributed by atoms with E-state index in [9.17, 15) is 9.18 Å². The Morgan fingerprint density at radius 3 is 2.90 bits per heavy atom. The van der Waals surface area contributed by atoms with Crippen LogP contribution in [0.2, 0.25) is 0 Å². The van der Waals surface area contributed by atoms with Crippen molar-refractivity contribution in [2.75, 3.05) is 0 Å². The molecule has 2 aromatic rings. The van der Waals surface area contributed by atoms with Gasteiger partial charge in [0.2, 0.25) is 0 Å². The Morgan fingerprint density at radius 1 is 1.50 bits per heavy atom. The maximum Gasteiger partial charge on any atom is 0.257 e. The van der Waals surface area contributed by atoms with Crippen LogP contribution < -0.4 is 5.32 Å². The van der Waals surface area contributed by atoms with Gasteiger partial charge in [0, 0.05) is 11.6 Å². The molecule has 4 nitrogen and oxygen atoms in total. The quantitative estimate of drug-likeness (QED) is 0.932. The number of amides is 1. The van der Waals surface area contributed by atoms with Crippen LogP contribution in [0.4, 0.5) is 4.39 Å². The number of carbonyl (C=O) groups excluding carboxylic acids is 1. The number of aryl methyl sites for hydroxylation is 1. The van der Waals surface area contributed by atoms with E-state index in [2.05, 4.69) is 10.5 Å². The lowest BCUT2D eigenvalue weighted by Gasteiger charge is -2.11. The summed E-state index contributed by atoms with van der Waals surface area (Å²) in [5.74, 6) is -0.209. The normalized spacial score (nSPS) is 12.2. The van der Waals surface area contributed by atoms with Crippen molar-refractivity contribution >= 4 is 5.91 Å². The predicted molar refractivity (Wildman–Crippen MR) is 73.9 cm³/mol. The van der Waals surface area contributed by atoms with Crippen molar-refractivity contribution in [3.8, 4) is 11.3 Å². The van der Waals surface area contributed by atoms with Gasteiger partial charge in [-0.1, -0.05) is 24.2 Å². The maximum absolute atomic E-state index is 13.3. The first-order valence-corrected chi connectivity index (χ1v) is 6.56. The van der Waals surface area contributed by atoms with Gasteiger partial charge in [0.1, 0.15) is 22.8 Å². The van der Waals surface area contributed by atoms with Gasteiger partial charge in [0.05, 0.1) is 0 Å². The summed E-state index contributed by atoms with van der Waals surface area (Å²) in [7, 11) is 0. The average Bonchev–Trinajstić information content (AvgIpc) is 2.80. The summed E-state index contributed by atoms with van der Waals surface area (Å²) >= 11 is 0. The Hall–Kier alpha value is -2.17. The monoisotopic (exact) mass is 276 g/mol. The zero-order valence-electron chi connectivity index (χ0n) is 11.7. The molecule has 1 atom stereocenters. The van der Waals surface area contributed by atoms with Gasteiger partial charge in [0.25, 0.3) is 5.91 Å². The number of carbonyl (C=O) groups is 1.